The molecule has 1 aromatic carbocycles. The predicted molar refractivity (Wildman–Crippen MR) is 72.3 cm³/mol. The average Bonchev–Trinajstić information content (AvgIpc) is 3.08. The molecule has 6 nitrogen and oxygen atoms in total. The Morgan fingerprint density at radius 1 is 1.20 bits per heavy atom. The molecule has 0 aliphatic carbocycles. The molecule has 1 aromatic heterocycles. The van der Waals surface area contributed by atoms with Gasteiger partial charge in [-0.15, -0.1) is 0 Å². The molecule has 0 atom stereocenters. The number of rotatable bonds is 5. The molecule has 0 bridgehead atoms. The lowest BCUT2D eigenvalue weighted by molar-refractivity contribution is 0.174. The quantitative estimate of drug-likeness (QED) is 0.870. The van der Waals surface area contributed by atoms with Crippen LogP contribution in [0.2, 0.25) is 0 Å². The van der Waals surface area contributed by atoms with E-state index >= 15 is 0 Å². The van der Waals surface area contributed by atoms with E-state index in [-0.39, 0.29) is 11.7 Å². The van der Waals surface area contributed by atoms with Crippen LogP contribution in [0.3, 0.4) is 0 Å². The summed E-state index contributed by atoms with van der Waals surface area (Å²) in [6.45, 7) is 0.467. The molecule has 2 N–H and O–H groups in total. The minimum Gasteiger partial charge on any atom is -0.454 e. The molecule has 0 saturated carbocycles. The van der Waals surface area contributed by atoms with E-state index in [0.29, 0.717) is 24.5 Å². The molecule has 0 spiro atoms. The molecule has 0 saturated heterocycles. The minimum absolute atomic E-state index is 0.125. The first kappa shape index (κ1) is 13.0. The van der Waals surface area contributed by atoms with E-state index in [1.54, 1.807) is 6.07 Å². The fourth-order valence-corrected chi connectivity index (χ4v) is 3.02. The van der Waals surface area contributed by atoms with Crippen LogP contribution in [0.15, 0.2) is 41.6 Å². The Bertz CT molecular complexity index is 695. The fraction of sp³-hybridized carbons (Fsp3) is 0.231. The lowest BCUT2D eigenvalue weighted by Gasteiger charge is -2.07. The van der Waals surface area contributed by atoms with E-state index in [0.717, 1.165) is 5.56 Å². The summed E-state index contributed by atoms with van der Waals surface area (Å²) in [5, 5.41) is 0. The number of aromatic amines is 1. The third-order valence-electron chi connectivity index (χ3n) is 3.02. The highest BCUT2D eigenvalue weighted by Gasteiger charge is 2.19. The molecule has 106 valence electrons. The van der Waals surface area contributed by atoms with E-state index in [1.807, 2.05) is 18.5 Å². The first-order valence-corrected chi connectivity index (χ1v) is 7.64. The lowest BCUT2D eigenvalue weighted by Crippen LogP contribution is -2.25. The number of fused-ring (bicyclic) bond motifs is 1. The molecule has 1 aliphatic heterocycles. The van der Waals surface area contributed by atoms with Gasteiger partial charge in [-0.25, -0.2) is 13.1 Å². The monoisotopic (exact) mass is 294 g/mol. The van der Waals surface area contributed by atoms with Gasteiger partial charge in [-0.1, -0.05) is 0 Å². The second-order valence-corrected chi connectivity index (χ2v) is 6.15. The lowest BCUT2D eigenvalue weighted by atomic mass is 10.2. The summed E-state index contributed by atoms with van der Waals surface area (Å²) < 4.78 is 37.2. The van der Waals surface area contributed by atoms with E-state index in [1.165, 1.54) is 12.1 Å². The van der Waals surface area contributed by atoms with Crippen LogP contribution in [0.5, 0.6) is 11.5 Å². The number of nitrogens with one attached hydrogen (secondary N) is 2. The van der Waals surface area contributed by atoms with Crippen LogP contribution in [-0.2, 0) is 16.4 Å². The van der Waals surface area contributed by atoms with Gasteiger partial charge in [0.25, 0.3) is 0 Å². The Balaban J connectivity index is 1.68. The van der Waals surface area contributed by atoms with E-state index < -0.39 is 10.0 Å². The SMILES string of the molecule is O=S(=O)(NCCc1cc[nH]c1)c1ccc2c(c1)OCO2. The summed E-state index contributed by atoms with van der Waals surface area (Å²) in [7, 11) is -3.53. The Morgan fingerprint density at radius 2 is 2.05 bits per heavy atom. The summed E-state index contributed by atoms with van der Waals surface area (Å²) >= 11 is 0. The molecule has 2 aromatic rings. The molecule has 0 amide bonds. The summed E-state index contributed by atoms with van der Waals surface area (Å²) in [4.78, 5) is 3.11. The number of hydrogen-bond acceptors (Lipinski definition) is 4. The van der Waals surface area contributed by atoms with Gasteiger partial charge in [-0.05, 0) is 30.2 Å². The molecule has 7 heteroatoms. The predicted octanol–water partition coefficient (Wildman–Crippen LogP) is 1.26. The van der Waals surface area contributed by atoms with Crippen LogP contribution >= 0.6 is 0 Å². The maximum atomic E-state index is 12.1. The van der Waals surface area contributed by atoms with Crippen molar-refractivity contribution in [2.45, 2.75) is 11.3 Å². The van der Waals surface area contributed by atoms with Gasteiger partial charge in [0.1, 0.15) is 0 Å². The van der Waals surface area contributed by atoms with Crippen molar-refractivity contribution in [2.75, 3.05) is 13.3 Å². The Labute approximate surface area is 116 Å². The highest BCUT2D eigenvalue weighted by atomic mass is 32.2. The largest absolute Gasteiger partial charge is 0.454 e. The zero-order valence-corrected chi connectivity index (χ0v) is 11.4. The van der Waals surface area contributed by atoms with Gasteiger partial charge in [0.2, 0.25) is 16.8 Å². The molecule has 1 aliphatic rings. The van der Waals surface area contributed by atoms with Crippen LogP contribution in [0.4, 0.5) is 0 Å². The number of benzene rings is 1. The van der Waals surface area contributed by atoms with Gasteiger partial charge in [0.15, 0.2) is 11.5 Å². The first-order valence-electron chi connectivity index (χ1n) is 6.16. The van der Waals surface area contributed by atoms with Crippen LogP contribution in [0, 0.1) is 0 Å². The maximum Gasteiger partial charge on any atom is 0.240 e. The molecule has 0 unspecified atom stereocenters. The van der Waals surface area contributed by atoms with Gasteiger partial charge < -0.3 is 14.5 Å². The van der Waals surface area contributed by atoms with Gasteiger partial charge in [0.05, 0.1) is 4.90 Å². The summed E-state index contributed by atoms with van der Waals surface area (Å²) in [6, 6.07) is 6.49. The second kappa shape index (κ2) is 5.18. The minimum atomic E-state index is -3.53. The molecule has 3 rings (SSSR count). The summed E-state index contributed by atoms with van der Waals surface area (Å²) in [5.41, 5.74) is 1.05. The third kappa shape index (κ3) is 2.63. The fourth-order valence-electron chi connectivity index (χ4n) is 1.97. The van der Waals surface area contributed by atoms with E-state index in [2.05, 4.69) is 9.71 Å². The molecular formula is C13H14N2O4S. The smallest absolute Gasteiger partial charge is 0.240 e. The molecule has 2 heterocycles. The topological polar surface area (TPSA) is 80.4 Å². The van der Waals surface area contributed by atoms with Crippen LogP contribution in [-0.4, -0.2) is 26.7 Å². The van der Waals surface area contributed by atoms with Crippen LogP contribution in [0.25, 0.3) is 0 Å². The standard InChI is InChI=1S/C13H14N2O4S/c16-20(17,15-6-4-10-3-5-14-8-10)11-1-2-12-13(7-11)19-9-18-12/h1-3,5,7-8,14-15H,4,6,9H2. The number of hydrogen-bond donors (Lipinski definition) is 2. The third-order valence-corrected chi connectivity index (χ3v) is 4.48. The highest BCUT2D eigenvalue weighted by molar-refractivity contribution is 7.89. The summed E-state index contributed by atoms with van der Waals surface area (Å²) in [6.07, 6.45) is 4.28. The van der Waals surface area contributed by atoms with Crippen molar-refractivity contribution in [3.8, 4) is 11.5 Å². The zero-order chi connectivity index (χ0) is 14.0. The van der Waals surface area contributed by atoms with Gasteiger partial charge in [-0.2, -0.15) is 0 Å². The molecular weight excluding hydrogens is 280 g/mol. The van der Waals surface area contributed by atoms with Crippen molar-refractivity contribution < 1.29 is 17.9 Å². The molecule has 0 fully saturated rings. The van der Waals surface area contributed by atoms with E-state index in [4.69, 9.17) is 9.47 Å². The Morgan fingerprint density at radius 3 is 2.85 bits per heavy atom. The van der Waals surface area contributed by atoms with Crippen LogP contribution in [0.1, 0.15) is 5.56 Å². The Hall–Kier alpha value is -1.99. The number of H-pyrrole nitrogens is 1. The van der Waals surface area contributed by atoms with Crippen LogP contribution < -0.4 is 14.2 Å². The number of ether oxygens (including phenoxy) is 2. The normalized spacial score (nSPS) is 13.6. The van der Waals surface area contributed by atoms with Gasteiger partial charge in [0, 0.05) is 25.0 Å². The van der Waals surface area contributed by atoms with Gasteiger partial charge in [-0.3, -0.25) is 0 Å². The summed E-state index contributed by atoms with van der Waals surface area (Å²) in [5.74, 6) is 1.02. The van der Waals surface area contributed by atoms with Crippen molar-refractivity contribution in [1.29, 1.82) is 0 Å². The van der Waals surface area contributed by atoms with Gasteiger partial charge >= 0.3 is 0 Å². The zero-order valence-electron chi connectivity index (χ0n) is 10.6. The van der Waals surface area contributed by atoms with E-state index in [9.17, 15) is 8.42 Å². The number of sulfonamides is 1. The molecule has 0 radical (unpaired) electrons. The molecule has 20 heavy (non-hydrogen) atoms. The van der Waals surface area contributed by atoms with Crippen molar-refractivity contribution >= 4 is 10.0 Å². The van der Waals surface area contributed by atoms with Crippen molar-refractivity contribution in [2.24, 2.45) is 0 Å². The second-order valence-electron chi connectivity index (χ2n) is 4.38. The maximum absolute atomic E-state index is 12.1. The first-order chi connectivity index (χ1) is 9.65. The highest BCUT2D eigenvalue weighted by Crippen LogP contribution is 2.33. The average molecular weight is 294 g/mol. The van der Waals surface area contributed by atoms with Crippen molar-refractivity contribution in [3.63, 3.8) is 0 Å². The number of aromatic nitrogens is 1. The van der Waals surface area contributed by atoms with Crippen molar-refractivity contribution in [3.05, 3.63) is 42.2 Å². The Kier molecular flexibility index (Phi) is 3.37. The van der Waals surface area contributed by atoms with Crippen molar-refractivity contribution in [1.82, 2.24) is 9.71 Å².